The van der Waals surface area contributed by atoms with Crippen molar-refractivity contribution in [3.63, 3.8) is 0 Å². The van der Waals surface area contributed by atoms with Crippen LogP contribution in [0.4, 0.5) is 0 Å². The molecule has 0 saturated carbocycles. The standard InChI is InChI=1S/C19H27N3O2/c1-15(23)22-13-12-21(14-18(22)16-6-4-3-5-7-16)19(24)17-8-10-20(2)11-9-17/h3-7,17-18H,8-14H2,1-2H3. The van der Waals surface area contributed by atoms with E-state index < -0.39 is 0 Å². The molecule has 0 aliphatic carbocycles. The highest BCUT2D eigenvalue weighted by atomic mass is 16.2. The van der Waals surface area contributed by atoms with Gasteiger partial charge in [-0.05, 0) is 38.5 Å². The fourth-order valence-corrected chi connectivity index (χ4v) is 3.83. The first-order valence-corrected chi connectivity index (χ1v) is 8.85. The van der Waals surface area contributed by atoms with E-state index in [-0.39, 0.29) is 23.8 Å². The lowest BCUT2D eigenvalue weighted by Gasteiger charge is -2.43. The number of piperidine rings is 1. The molecule has 1 atom stereocenters. The van der Waals surface area contributed by atoms with Gasteiger partial charge >= 0.3 is 0 Å². The van der Waals surface area contributed by atoms with Gasteiger partial charge in [0.15, 0.2) is 0 Å². The number of hydrogen-bond donors (Lipinski definition) is 0. The Morgan fingerprint density at radius 2 is 1.67 bits per heavy atom. The third kappa shape index (κ3) is 3.61. The molecule has 1 aromatic carbocycles. The number of piperazine rings is 1. The van der Waals surface area contributed by atoms with Gasteiger partial charge in [0.2, 0.25) is 11.8 Å². The van der Waals surface area contributed by atoms with Gasteiger partial charge in [0.05, 0.1) is 6.04 Å². The van der Waals surface area contributed by atoms with Gasteiger partial charge in [-0.15, -0.1) is 0 Å². The van der Waals surface area contributed by atoms with Crippen molar-refractivity contribution in [2.24, 2.45) is 5.92 Å². The van der Waals surface area contributed by atoms with E-state index in [0.29, 0.717) is 19.6 Å². The van der Waals surface area contributed by atoms with Gasteiger partial charge in [0.25, 0.3) is 0 Å². The van der Waals surface area contributed by atoms with Crippen molar-refractivity contribution in [1.29, 1.82) is 0 Å². The number of hydrogen-bond acceptors (Lipinski definition) is 3. The van der Waals surface area contributed by atoms with Crippen LogP contribution in [0.1, 0.15) is 31.4 Å². The van der Waals surface area contributed by atoms with Gasteiger partial charge in [-0.25, -0.2) is 0 Å². The summed E-state index contributed by atoms with van der Waals surface area (Å²) < 4.78 is 0. The molecule has 0 N–H and O–H groups in total. The Bertz CT molecular complexity index is 582. The van der Waals surface area contributed by atoms with Gasteiger partial charge < -0.3 is 14.7 Å². The summed E-state index contributed by atoms with van der Waals surface area (Å²) in [5, 5.41) is 0. The van der Waals surface area contributed by atoms with Crippen LogP contribution in [0.25, 0.3) is 0 Å². The number of likely N-dealkylation sites (tertiary alicyclic amines) is 1. The first kappa shape index (κ1) is 17.0. The molecule has 0 spiro atoms. The van der Waals surface area contributed by atoms with Gasteiger partial charge in [-0.1, -0.05) is 30.3 Å². The van der Waals surface area contributed by atoms with Crippen LogP contribution in [0.3, 0.4) is 0 Å². The molecular formula is C19H27N3O2. The third-order valence-corrected chi connectivity index (χ3v) is 5.35. The van der Waals surface area contributed by atoms with Crippen molar-refractivity contribution in [2.75, 3.05) is 39.8 Å². The topological polar surface area (TPSA) is 43.9 Å². The SMILES string of the molecule is CC(=O)N1CCN(C(=O)C2CCN(C)CC2)CC1c1ccccc1. The minimum Gasteiger partial charge on any atom is -0.338 e. The van der Waals surface area contributed by atoms with Crippen LogP contribution in [-0.2, 0) is 9.59 Å². The molecule has 0 radical (unpaired) electrons. The Morgan fingerprint density at radius 1 is 1.00 bits per heavy atom. The zero-order valence-electron chi connectivity index (χ0n) is 14.6. The summed E-state index contributed by atoms with van der Waals surface area (Å²) in [6.45, 7) is 5.47. The van der Waals surface area contributed by atoms with Crippen molar-refractivity contribution in [1.82, 2.24) is 14.7 Å². The molecule has 2 aliphatic rings. The van der Waals surface area contributed by atoms with Gasteiger partial charge in [-0.2, -0.15) is 0 Å². The van der Waals surface area contributed by atoms with Crippen LogP contribution < -0.4 is 0 Å². The molecule has 3 rings (SSSR count). The van der Waals surface area contributed by atoms with Crippen LogP contribution >= 0.6 is 0 Å². The van der Waals surface area contributed by atoms with E-state index in [1.165, 1.54) is 0 Å². The summed E-state index contributed by atoms with van der Waals surface area (Å²) in [5.41, 5.74) is 1.11. The largest absolute Gasteiger partial charge is 0.338 e. The summed E-state index contributed by atoms with van der Waals surface area (Å²) in [6.07, 6.45) is 1.89. The molecule has 2 aliphatic heterocycles. The molecule has 2 heterocycles. The van der Waals surface area contributed by atoms with E-state index in [2.05, 4.69) is 11.9 Å². The predicted molar refractivity (Wildman–Crippen MR) is 93.4 cm³/mol. The Balaban J connectivity index is 1.73. The molecule has 1 unspecified atom stereocenters. The van der Waals surface area contributed by atoms with E-state index in [0.717, 1.165) is 31.5 Å². The number of carbonyl (C=O) groups excluding carboxylic acids is 2. The molecule has 2 saturated heterocycles. The maximum Gasteiger partial charge on any atom is 0.225 e. The molecule has 0 aromatic heterocycles. The number of rotatable bonds is 2. The highest BCUT2D eigenvalue weighted by Crippen LogP contribution is 2.28. The van der Waals surface area contributed by atoms with Crippen LogP contribution in [-0.4, -0.2) is 66.3 Å². The summed E-state index contributed by atoms with van der Waals surface area (Å²) in [7, 11) is 2.11. The first-order chi connectivity index (χ1) is 11.6. The number of carbonyl (C=O) groups is 2. The Kier molecular flexibility index (Phi) is 5.19. The smallest absolute Gasteiger partial charge is 0.225 e. The Morgan fingerprint density at radius 3 is 2.29 bits per heavy atom. The first-order valence-electron chi connectivity index (χ1n) is 8.85. The summed E-state index contributed by atoms with van der Waals surface area (Å²) >= 11 is 0. The third-order valence-electron chi connectivity index (χ3n) is 5.35. The molecule has 5 nitrogen and oxygen atoms in total. The van der Waals surface area contributed by atoms with Crippen LogP contribution in [0, 0.1) is 5.92 Å². The molecule has 0 bridgehead atoms. The minimum atomic E-state index is -0.0346. The molecule has 5 heteroatoms. The average molecular weight is 329 g/mol. The maximum atomic E-state index is 12.9. The second-order valence-corrected chi connectivity index (χ2v) is 7.00. The summed E-state index contributed by atoms with van der Waals surface area (Å²) in [4.78, 5) is 31.1. The fraction of sp³-hybridized carbons (Fsp3) is 0.579. The highest BCUT2D eigenvalue weighted by molar-refractivity contribution is 5.80. The van der Waals surface area contributed by atoms with Gasteiger partial charge in [0, 0.05) is 32.5 Å². The monoisotopic (exact) mass is 329 g/mol. The minimum absolute atomic E-state index is 0.0346. The highest BCUT2D eigenvalue weighted by Gasteiger charge is 2.35. The van der Waals surface area contributed by atoms with E-state index in [1.807, 2.05) is 40.1 Å². The van der Waals surface area contributed by atoms with E-state index >= 15 is 0 Å². The fourth-order valence-electron chi connectivity index (χ4n) is 3.83. The van der Waals surface area contributed by atoms with E-state index in [9.17, 15) is 9.59 Å². The van der Waals surface area contributed by atoms with E-state index in [4.69, 9.17) is 0 Å². The van der Waals surface area contributed by atoms with Crippen LogP contribution in [0.15, 0.2) is 30.3 Å². The molecule has 2 fully saturated rings. The van der Waals surface area contributed by atoms with E-state index in [1.54, 1.807) is 6.92 Å². The molecule has 24 heavy (non-hydrogen) atoms. The van der Waals surface area contributed by atoms with Gasteiger partial charge in [-0.3, -0.25) is 9.59 Å². The average Bonchev–Trinajstić information content (AvgIpc) is 2.62. The number of benzene rings is 1. The van der Waals surface area contributed by atoms with Gasteiger partial charge in [0.1, 0.15) is 0 Å². The lowest BCUT2D eigenvalue weighted by molar-refractivity contribution is -0.145. The lowest BCUT2D eigenvalue weighted by Crippen LogP contribution is -2.53. The maximum absolute atomic E-state index is 12.9. The molecule has 2 amide bonds. The summed E-state index contributed by atoms with van der Waals surface area (Å²) in [5.74, 6) is 0.490. The van der Waals surface area contributed by atoms with Crippen molar-refractivity contribution >= 4 is 11.8 Å². The normalized spacial score (nSPS) is 23.3. The quantitative estimate of drug-likeness (QED) is 0.830. The van der Waals surface area contributed by atoms with Crippen molar-refractivity contribution in [3.8, 4) is 0 Å². The Labute approximate surface area is 144 Å². The lowest BCUT2D eigenvalue weighted by atomic mass is 9.94. The van der Waals surface area contributed by atoms with Crippen molar-refractivity contribution in [2.45, 2.75) is 25.8 Å². The summed E-state index contributed by atoms with van der Waals surface area (Å²) in [6, 6.07) is 10.0. The van der Waals surface area contributed by atoms with Crippen LogP contribution in [0.2, 0.25) is 0 Å². The Hall–Kier alpha value is -1.88. The second-order valence-electron chi connectivity index (χ2n) is 7.00. The molecule has 1 aromatic rings. The zero-order valence-corrected chi connectivity index (χ0v) is 14.6. The molecule has 130 valence electrons. The van der Waals surface area contributed by atoms with Crippen molar-refractivity contribution < 1.29 is 9.59 Å². The molecular weight excluding hydrogens is 302 g/mol. The van der Waals surface area contributed by atoms with Crippen molar-refractivity contribution in [3.05, 3.63) is 35.9 Å². The second kappa shape index (κ2) is 7.34. The number of nitrogens with zero attached hydrogens (tertiary/aromatic N) is 3. The zero-order chi connectivity index (χ0) is 17.1. The predicted octanol–water partition coefficient (Wildman–Crippen LogP) is 1.76. The van der Waals surface area contributed by atoms with Crippen LogP contribution in [0.5, 0.6) is 0 Å². The number of amides is 2.